The van der Waals surface area contributed by atoms with Crippen LogP contribution < -0.4 is 0 Å². The maximum atomic E-state index is 13.3. The Kier molecular flexibility index (Phi) is 5.34. The summed E-state index contributed by atoms with van der Waals surface area (Å²) in [5.74, 6) is 0.439. The maximum Gasteiger partial charge on any atom is 0.408 e. The van der Waals surface area contributed by atoms with E-state index >= 15 is 0 Å². The van der Waals surface area contributed by atoms with E-state index in [-0.39, 0.29) is 5.52 Å². The van der Waals surface area contributed by atoms with Gasteiger partial charge >= 0.3 is 6.18 Å². The summed E-state index contributed by atoms with van der Waals surface area (Å²) in [6.45, 7) is 0.220. The molecule has 4 aromatic rings. The van der Waals surface area contributed by atoms with E-state index in [0.717, 1.165) is 49.0 Å². The third-order valence-electron chi connectivity index (χ3n) is 5.89. The van der Waals surface area contributed by atoms with Crippen LogP contribution in [0.25, 0.3) is 27.9 Å². The van der Waals surface area contributed by atoms with Crippen LogP contribution in [0.4, 0.5) is 13.2 Å². The average Bonchev–Trinajstić information content (AvgIpc) is 3.21. The molecule has 168 valence electrons. The number of nitrogens with zero attached hydrogens (tertiary/aromatic N) is 6. The Morgan fingerprint density at radius 2 is 1.81 bits per heavy atom. The molecule has 5 rings (SSSR count). The van der Waals surface area contributed by atoms with Crippen LogP contribution in [0, 0.1) is 0 Å². The van der Waals surface area contributed by atoms with Gasteiger partial charge in [0.15, 0.2) is 12.1 Å². The lowest BCUT2D eigenvalue weighted by Crippen LogP contribution is -2.30. The molecule has 0 aromatic carbocycles. The lowest BCUT2D eigenvalue weighted by Gasteiger charge is -2.25. The van der Waals surface area contributed by atoms with E-state index in [4.69, 9.17) is 0 Å². The zero-order valence-corrected chi connectivity index (χ0v) is 17.3. The van der Waals surface area contributed by atoms with Crippen molar-refractivity contribution in [2.45, 2.75) is 44.6 Å². The molecule has 0 bridgehead atoms. The van der Waals surface area contributed by atoms with Crippen LogP contribution in [0.15, 0.2) is 42.9 Å². The van der Waals surface area contributed by atoms with Crippen molar-refractivity contribution in [3.05, 3.63) is 48.5 Å². The minimum Gasteiger partial charge on any atom is -0.372 e. The van der Waals surface area contributed by atoms with Crippen LogP contribution in [-0.2, 0) is 6.54 Å². The fourth-order valence-corrected chi connectivity index (χ4v) is 4.33. The molecule has 1 unspecified atom stereocenters. The number of aromatic nitrogens is 5. The molecule has 0 aliphatic carbocycles. The number of aliphatic hydroxyl groups excluding tert-OH is 1. The summed E-state index contributed by atoms with van der Waals surface area (Å²) in [6, 6.07) is 7.06. The zero-order valence-electron chi connectivity index (χ0n) is 17.3. The molecule has 7 nitrogen and oxygen atoms in total. The summed E-state index contributed by atoms with van der Waals surface area (Å²) in [6.07, 6.45) is 3.67. The smallest absolute Gasteiger partial charge is 0.372 e. The number of rotatable bonds is 4. The van der Waals surface area contributed by atoms with Crippen LogP contribution in [0.5, 0.6) is 0 Å². The van der Waals surface area contributed by atoms with Gasteiger partial charge in [0.05, 0.1) is 22.9 Å². The Bertz CT molecular complexity index is 1240. The van der Waals surface area contributed by atoms with Gasteiger partial charge in [0, 0.05) is 30.9 Å². The maximum absolute atomic E-state index is 13.3. The SMILES string of the molecule is OC(c1cc2c(cn1)c(-c1ncc3ccccn13)nn2CC(F)(F)F)N1CCCCCC1. The first kappa shape index (κ1) is 20.9. The van der Waals surface area contributed by atoms with Crippen molar-refractivity contribution in [3.8, 4) is 11.5 Å². The molecule has 32 heavy (non-hydrogen) atoms. The van der Waals surface area contributed by atoms with E-state index in [1.807, 2.05) is 23.1 Å². The van der Waals surface area contributed by atoms with Gasteiger partial charge in [0.2, 0.25) is 0 Å². The Balaban J connectivity index is 1.61. The predicted octanol–water partition coefficient (Wildman–Crippen LogP) is 4.18. The molecule has 5 heterocycles. The second-order valence-electron chi connectivity index (χ2n) is 8.15. The van der Waals surface area contributed by atoms with Gasteiger partial charge in [0.25, 0.3) is 0 Å². The van der Waals surface area contributed by atoms with Gasteiger partial charge in [0.1, 0.15) is 12.2 Å². The molecular weight excluding hydrogens is 421 g/mol. The van der Waals surface area contributed by atoms with Gasteiger partial charge in [-0.1, -0.05) is 18.9 Å². The van der Waals surface area contributed by atoms with E-state index in [9.17, 15) is 18.3 Å². The van der Waals surface area contributed by atoms with E-state index in [0.29, 0.717) is 22.6 Å². The number of hydrogen-bond acceptors (Lipinski definition) is 5. The molecule has 1 fully saturated rings. The van der Waals surface area contributed by atoms with Crippen molar-refractivity contribution < 1.29 is 18.3 Å². The van der Waals surface area contributed by atoms with Crippen molar-refractivity contribution in [1.82, 2.24) is 29.0 Å². The molecule has 10 heteroatoms. The van der Waals surface area contributed by atoms with Crippen molar-refractivity contribution in [2.75, 3.05) is 13.1 Å². The first-order valence-corrected chi connectivity index (χ1v) is 10.7. The topological polar surface area (TPSA) is 71.5 Å². The monoisotopic (exact) mass is 444 g/mol. The lowest BCUT2D eigenvalue weighted by atomic mass is 10.2. The normalized spacial score (nSPS) is 17.1. The summed E-state index contributed by atoms with van der Waals surface area (Å²) in [7, 11) is 0. The van der Waals surface area contributed by atoms with Crippen molar-refractivity contribution in [1.29, 1.82) is 0 Å². The van der Waals surface area contributed by atoms with Gasteiger partial charge in [-0.3, -0.25) is 19.0 Å². The van der Waals surface area contributed by atoms with Gasteiger partial charge < -0.3 is 5.11 Å². The first-order chi connectivity index (χ1) is 15.4. The molecular formula is C22H23F3N6O. The van der Waals surface area contributed by atoms with Crippen molar-refractivity contribution in [2.24, 2.45) is 0 Å². The Morgan fingerprint density at radius 1 is 1.03 bits per heavy atom. The zero-order chi connectivity index (χ0) is 22.3. The van der Waals surface area contributed by atoms with Crippen molar-refractivity contribution >= 4 is 16.4 Å². The average molecular weight is 444 g/mol. The minimum absolute atomic E-state index is 0.267. The van der Waals surface area contributed by atoms with E-state index in [1.165, 1.54) is 12.3 Å². The Morgan fingerprint density at radius 3 is 2.56 bits per heavy atom. The number of imidazole rings is 1. The largest absolute Gasteiger partial charge is 0.408 e. The van der Waals surface area contributed by atoms with E-state index < -0.39 is 18.9 Å². The van der Waals surface area contributed by atoms with Crippen molar-refractivity contribution in [3.63, 3.8) is 0 Å². The van der Waals surface area contributed by atoms with Crippen LogP contribution in [0.3, 0.4) is 0 Å². The molecule has 0 spiro atoms. The third-order valence-corrected chi connectivity index (χ3v) is 5.89. The van der Waals surface area contributed by atoms with Gasteiger partial charge in [-0.15, -0.1) is 0 Å². The highest BCUT2D eigenvalue weighted by atomic mass is 19.4. The standard InChI is InChI=1S/C22H23F3N6O/c23-22(24,25)14-31-18-11-17(21(32)29-8-4-1-2-5-9-29)26-13-16(18)19(28-31)20-27-12-15-7-3-6-10-30(15)20/h3,6-7,10-13,21,32H,1-2,4-5,8-9,14H2. The summed E-state index contributed by atoms with van der Waals surface area (Å²) in [4.78, 5) is 10.7. The van der Waals surface area contributed by atoms with Crippen LogP contribution >= 0.6 is 0 Å². The number of fused-ring (bicyclic) bond motifs is 2. The number of alkyl halides is 3. The highest BCUT2D eigenvalue weighted by molar-refractivity contribution is 5.91. The minimum atomic E-state index is -4.45. The summed E-state index contributed by atoms with van der Waals surface area (Å²) in [5, 5.41) is 15.6. The molecule has 0 radical (unpaired) electrons. The number of hydrogen-bond donors (Lipinski definition) is 1. The van der Waals surface area contributed by atoms with Gasteiger partial charge in [-0.05, 0) is 31.0 Å². The van der Waals surface area contributed by atoms with Crippen LogP contribution in [0.1, 0.15) is 37.6 Å². The van der Waals surface area contributed by atoms with Gasteiger partial charge in [-0.2, -0.15) is 18.3 Å². The summed E-state index contributed by atoms with van der Waals surface area (Å²) >= 11 is 0. The molecule has 0 saturated carbocycles. The highest BCUT2D eigenvalue weighted by Crippen LogP contribution is 2.31. The Labute approximate surface area is 182 Å². The lowest BCUT2D eigenvalue weighted by molar-refractivity contribution is -0.141. The highest BCUT2D eigenvalue weighted by Gasteiger charge is 2.31. The summed E-state index contributed by atoms with van der Waals surface area (Å²) in [5.41, 5.74) is 1.71. The fraction of sp³-hybridized carbons (Fsp3) is 0.409. The molecule has 4 aromatic heterocycles. The second-order valence-corrected chi connectivity index (χ2v) is 8.15. The molecule has 1 N–H and O–H groups in total. The van der Waals surface area contributed by atoms with Gasteiger partial charge in [-0.25, -0.2) is 4.98 Å². The Hall–Kier alpha value is -2.98. The fourth-order valence-electron chi connectivity index (χ4n) is 4.33. The molecule has 1 atom stereocenters. The molecule has 1 aliphatic rings. The van der Waals surface area contributed by atoms with Crippen LogP contribution in [-0.4, -0.2) is 53.4 Å². The van der Waals surface area contributed by atoms with E-state index in [2.05, 4.69) is 15.1 Å². The number of halogens is 3. The molecule has 1 aliphatic heterocycles. The second kappa shape index (κ2) is 8.18. The van der Waals surface area contributed by atoms with E-state index in [1.54, 1.807) is 16.8 Å². The first-order valence-electron chi connectivity index (χ1n) is 10.7. The van der Waals surface area contributed by atoms with Crippen LogP contribution in [0.2, 0.25) is 0 Å². The molecule has 1 saturated heterocycles. The number of likely N-dealkylation sites (tertiary alicyclic amines) is 1. The predicted molar refractivity (Wildman–Crippen MR) is 113 cm³/mol. The molecule has 0 amide bonds. The quantitative estimate of drug-likeness (QED) is 0.512. The summed E-state index contributed by atoms with van der Waals surface area (Å²) < 4.78 is 42.6. The number of pyridine rings is 2. The number of aliphatic hydroxyl groups is 1. The third kappa shape index (κ3) is 3.95.